The second-order valence-corrected chi connectivity index (χ2v) is 6.93. The first-order valence-electron chi connectivity index (χ1n) is 8.59. The molecule has 8 nitrogen and oxygen atoms in total. The fraction of sp³-hybridized carbons (Fsp3) is 0.500. The van der Waals surface area contributed by atoms with Gasteiger partial charge in [-0.05, 0) is 6.92 Å². The minimum Gasteiger partial charge on any atom is -0.481 e. The fourth-order valence-electron chi connectivity index (χ4n) is 2.69. The predicted octanol–water partition coefficient (Wildman–Crippen LogP) is 2.08. The van der Waals surface area contributed by atoms with Gasteiger partial charge in [-0.15, -0.1) is 0 Å². The van der Waals surface area contributed by atoms with Crippen molar-refractivity contribution in [1.82, 2.24) is 19.9 Å². The Morgan fingerprint density at radius 1 is 1.54 bits per heavy atom. The van der Waals surface area contributed by atoms with Crippen LogP contribution in [0.5, 0.6) is 11.8 Å². The van der Waals surface area contributed by atoms with E-state index in [1.807, 2.05) is 11.8 Å². The smallest absolute Gasteiger partial charge is 0.230 e. The van der Waals surface area contributed by atoms with E-state index in [1.54, 1.807) is 6.07 Å². The first kappa shape index (κ1) is 17.1. The van der Waals surface area contributed by atoms with Gasteiger partial charge in [0.25, 0.3) is 0 Å². The van der Waals surface area contributed by atoms with Gasteiger partial charge >= 0.3 is 0 Å². The quantitative estimate of drug-likeness (QED) is 0.818. The number of ether oxygens (including phenoxy) is 2. The van der Waals surface area contributed by atoms with Gasteiger partial charge in [0, 0.05) is 33.8 Å². The lowest BCUT2D eigenvalue weighted by molar-refractivity contribution is -0.114. The molecule has 3 rings (SSSR count). The normalized spacial score (nSPS) is 21.9. The summed E-state index contributed by atoms with van der Waals surface area (Å²) < 4.78 is 33.5. The lowest BCUT2D eigenvalue weighted by atomic mass is 10.2. The minimum absolute atomic E-state index is 0.00643. The highest BCUT2D eigenvalue weighted by Gasteiger charge is 2.32. The number of anilines is 1. The highest BCUT2D eigenvalue weighted by Crippen LogP contribution is 2.28. The first-order chi connectivity index (χ1) is 12.9. The number of carbonyl (C=O) groups is 1. The van der Waals surface area contributed by atoms with E-state index < -0.39 is 12.5 Å². The standard InChI is InChI=1S/C16H20FN5O3S/c1-9-4-11(25-14-5-13(24-3)18-8-19-14)6-22(9)7-12-15(17)21-16(26-12)20-10(2)23/h5,8-9,11H,4,6-7H2,1-3H3,(H,20,21,23)/t9-,11+/m0/s1/i7D/t7?,9-,11+. The summed E-state index contributed by atoms with van der Waals surface area (Å²) in [5.74, 6) is -0.279. The predicted molar refractivity (Wildman–Crippen MR) is 93.9 cm³/mol. The summed E-state index contributed by atoms with van der Waals surface area (Å²) in [5, 5.41) is 2.60. The second kappa shape index (κ2) is 7.92. The van der Waals surface area contributed by atoms with Crippen LogP contribution in [0.4, 0.5) is 9.52 Å². The molecule has 1 saturated heterocycles. The number of nitrogens with zero attached hydrogens (tertiary/aromatic N) is 4. The molecular formula is C16H20FN5O3S. The molecule has 10 heteroatoms. The highest BCUT2D eigenvalue weighted by molar-refractivity contribution is 7.15. The lowest BCUT2D eigenvalue weighted by Crippen LogP contribution is -2.28. The van der Waals surface area contributed by atoms with Crippen LogP contribution in [0.3, 0.4) is 0 Å². The maximum Gasteiger partial charge on any atom is 0.230 e. The number of nitrogens with one attached hydrogen (secondary N) is 1. The largest absolute Gasteiger partial charge is 0.481 e. The maximum atomic E-state index is 14.2. The molecule has 140 valence electrons. The summed E-state index contributed by atoms with van der Waals surface area (Å²) in [7, 11) is 1.51. The van der Waals surface area contributed by atoms with Crippen LogP contribution in [-0.4, -0.2) is 51.6 Å². The molecule has 1 amide bonds. The molecule has 1 aliphatic heterocycles. The zero-order valence-corrected chi connectivity index (χ0v) is 15.4. The Kier molecular flexibility index (Phi) is 5.21. The van der Waals surface area contributed by atoms with E-state index in [2.05, 4.69) is 20.3 Å². The van der Waals surface area contributed by atoms with Crippen LogP contribution in [0.15, 0.2) is 12.4 Å². The molecule has 0 aliphatic carbocycles. The third kappa shape index (κ3) is 4.44. The zero-order valence-electron chi connectivity index (χ0n) is 15.6. The third-order valence-electron chi connectivity index (χ3n) is 3.87. The molecule has 0 bridgehead atoms. The fourth-order valence-corrected chi connectivity index (χ4v) is 3.53. The van der Waals surface area contributed by atoms with E-state index in [4.69, 9.17) is 10.8 Å². The molecular weight excluding hydrogens is 361 g/mol. The molecule has 3 atom stereocenters. The number of carbonyl (C=O) groups excluding carboxylic acids is 1. The van der Waals surface area contributed by atoms with E-state index in [1.165, 1.54) is 20.4 Å². The van der Waals surface area contributed by atoms with E-state index in [-0.39, 0.29) is 28.1 Å². The number of rotatable bonds is 6. The third-order valence-corrected chi connectivity index (χ3v) is 4.75. The van der Waals surface area contributed by atoms with E-state index in [9.17, 15) is 9.18 Å². The average Bonchev–Trinajstić information content (AvgIpc) is 3.16. The van der Waals surface area contributed by atoms with Crippen LogP contribution in [0.2, 0.25) is 0 Å². The molecule has 1 aliphatic rings. The lowest BCUT2D eigenvalue weighted by Gasteiger charge is -2.19. The van der Waals surface area contributed by atoms with Crippen molar-refractivity contribution in [2.24, 2.45) is 0 Å². The van der Waals surface area contributed by atoms with Crippen molar-refractivity contribution in [2.45, 2.75) is 38.9 Å². The van der Waals surface area contributed by atoms with Crippen LogP contribution < -0.4 is 14.8 Å². The zero-order chi connectivity index (χ0) is 19.6. The molecule has 0 saturated carbocycles. The molecule has 2 aromatic rings. The summed E-state index contributed by atoms with van der Waals surface area (Å²) in [5.41, 5.74) is 0. The van der Waals surface area contributed by atoms with Crippen molar-refractivity contribution in [3.8, 4) is 11.8 Å². The van der Waals surface area contributed by atoms with E-state index in [0.29, 0.717) is 24.7 Å². The number of hydrogen-bond donors (Lipinski definition) is 1. The molecule has 0 spiro atoms. The van der Waals surface area contributed by atoms with Gasteiger partial charge < -0.3 is 14.8 Å². The van der Waals surface area contributed by atoms with Gasteiger partial charge in [0.05, 0.1) is 18.1 Å². The molecule has 1 N–H and O–H groups in total. The van der Waals surface area contributed by atoms with Crippen LogP contribution in [-0.2, 0) is 11.3 Å². The number of amides is 1. The number of likely N-dealkylation sites (tertiary alicyclic amines) is 1. The second-order valence-electron chi connectivity index (χ2n) is 5.90. The van der Waals surface area contributed by atoms with Crippen molar-refractivity contribution in [2.75, 3.05) is 19.0 Å². The number of thiazole rings is 1. The molecule has 0 radical (unpaired) electrons. The van der Waals surface area contributed by atoms with Crippen molar-refractivity contribution < 1.29 is 20.0 Å². The molecule has 3 heterocycles. The Hall–Kier alpha value is -2.33. The maximum absolute atomic E-state index is 14.2. The van der Waals surface area contributed by atoms with Gasteiger partial charge in [-0.3, -0.25) is 9.69 Å². The summed E-state index contributed by atoms with van der Waals surface area (Å²) in [6.45, 7) is 2.78. The summed E-state index contributed by atoms with van der Waals surface area (Å²) in [6.07, 6.45) is 1.83. The average molecular weight is 382 g/mol. The number of methoxy groups -OCH3 is 1. The van der Waals surface area contributed by atoms with Crippen LogP contribution in [0.25, 0.3) is 0 Å². The van der Waals surface area contributed by atoms with Gasteiger partial charge in [0.2, 0.25) is 23.6 Å². The summed E-state index contributed by atoms with van der Waals surface area (Å²) in [6, 6.07) is 1.60. The Morgan fingerprint density at radius 3 is 3.04 bits per heavy atom. The van der Waals surface area contributed by atoms with Crippen molar-refractivity contribution >= 4 is 22.4 Å². The Bertz CT molecular complexity index is 823. The Balaban J connectivity index is 1.68. The number of aromatic nitrogens is 3. The SMILES string of the molecule is [2H]C(c1sc(NC(C)=O)nc1F)N1C[C@H](Oc2cc(OC)ncn2)C[C@@H]1C. The highest BCUT2D eigenvalue weighted by atomic mass is 32.1. The van der Waals surface area contributed by atoms with Gasteiger partial charge in [-0.2, -0.15) is 9.37 Å². The number of halogens is 1. The molecule has 1 fully saturated rings. The topological polar surface area (TPSA) is 89.5 Å². The van der Waals surface area contributed by atoms with Gasteiger partial charge in [0.1, 0.15) is 12.4 Å². The molecule has 26 heavy (non-hydrogen) atoms. The summed E-state index contributed by atoms with van der Waals surface area (Å²) >= 11 is 0.970. The minimum atomic E-state index is -0.937. The van der Waals surface area contributed by atoms with E-state index in [0.717, 1.165) is 11.3 Å². The Morgan fingerprint density at radius 2 is 2.31 bits per heavy atom. The van der Waals surface area contributed by atoms with Gasteiger partial charge in [-0.1, -0.05) is 11.3 Å². The van der Waals surface area contributed by atoms with Crippen LogP contribution in [0.1, 0.15) is 26.5 Å². The van der Waals surface area contributed by atoms with Gasteiger partial charge in [0.15, 0.2) is 5.13 Å². The number of hydrogen-bond acceptors (Lipinski definition) is 8. The van der Waals surface area contributed by atoms with Crippen LogP contribution >= 0.6 is 11.3 Å². The Labute approximate surface area is 155 Å². The molecule has 1 unspecified atom stereocenters. The monoisotopic (exact) mass is 382 g/mol. The van der Waals surface area contributed by atoms with Crippen molar-refractivity contribution in [1.29, 1.82) is 0 Å². The van der Waals surface area contributed by atoms with Gasteiger partial charge in [-0.25, -0.2) is 9.97 Å². The molecule has 2 aromatic heterocycles. The first-order valence-corrected chi connectivity index (χ1v) is 8.83. The molecule has 0 aromatic carbocycles. The summed E-state index contributed by atoms with van der Waals surface area (Å²) in [4.78, 5) is 24.8. The van der Waals surface area contributed by atoms with Crippen LogP contribution in [0, 0.1) is 5.95 Å². The van der Waals surface area contributed by atoms with Crippen molar-refractivity contribution in [3.63, 3.8) is 0 Å². The van der Waals surface area contributed by atoms with E-state index >= 15 is 0 Å². The van der Waals surface area contributed by atoms with Crippen molar-refractivity contribution in [3.05, 3.63) is 23.2 Å².